The maximum absolute atomic E-state index is 14.1. The number of halogens is 2. The van der Waals surface area contributed by atoms with E-state index in [9.17, 15) is 19.2 Å². The van der Waals surface area contributed by atoms with E-state index in [-0.39, 0.29) is 29.1 Å². The van der Waals surface area contributed by atoms with Crippen LogP contribution in [-0.4, -0.2) is 111 Å². The Morgan fingerprint density at radius 1 is 0.565 bits per heavy atom. The van der Waals surface area contributed by atoms with Crippen LogP contribution < -0.4 is 26.7 Å². The second kappa shape index (κ2) is 21.4. The lowest BCUT2D eigenvalue weighted by Gasteiger charge is -2.36. The number of nitrogens with zero attached hydrogens (tertiary/aromatic N) is 9. The summed E-state index contributed by atoms with van der Waals surface area (Å²) in [6.07, 6.45) is 2.55. The van der Waals surface area contributed by atoms with Crippen LogP contribution in [-0.2, 0) is 9.47 Å². The lowest BCUT2D eigenvalue weighted by Crippen LogP contribution is -2.50. The fourth-order valence-electron chi connectivity index (χ4n) is 7.58. The van der Waals surface area contributed by atoms with Gasteiger partial charge in [-0.1, -0.05) is 96.0 Å². The lowest BCUT2D eigenvalue weighted by molar-refractivity contribution is 0.0230. The van der Waals surface area contributed by atoms with E-state index in [1.165, 1.54) is 9.36 Å². The van der Waals surface area contributed by atoms with Crippen LogP contribution in [0.5, 0.6) is 0 Å². The molecule has 18 heteroatoms. The van der Waals surface area contributed by atoms with Crippen LogP contribution in [0.4, 0.5) is 32.3 Å². The maximum atomic E-state index is 14.1. The number of rotatable bonds is 7. The standard InChI is InChI=1S/C32H32ClN5O3.C19H24ClN5O3/c1-32(2,3)41-31(40)37-19-17-36(18-20-37)27-22-34-38(26-16-10-15-25(33)21-26)30(39)29(27)35-28(23-11-6-4-7-12-23)24-13-8-5-9-14-24;1-19(2,3)28-18(27)24-9-7-23(8-10-24)15-12-22-25(17(26)16(15)21)14-6-4-5-13(20)11-14/h4-16,21-22H,17-20H2,1-3H3;4-6,11-12H,7-10,21H2,1-3H3. The number of amides is 2. The molecular formula is C51H56Cl2N10O6. The van der Waals surface area contributed by atoms with Crippen LogP contribution in [0, 0.1) is 0 Å². The molecule has 2 N–H and O–H groups in total. The highest BCUT2D eigenvalue weighted by molar-refractivity contribution is 6.31. The second-order valence-corrected chi connectivity index (χ2v) is 19.2. The summed E-state index contributed by atoms with van der Waals surface area (Å²) in [6.45, 7) is 15.0. The van der Waals surface area contributed by atoms with E-state index < -0.39 is 16.8 Å². The number of hydrogen-bond acceptors (Lipinski definition) is 12. The van der Waals surface area contributed by atoms with Crippen LogP contribution in [0.2, 0.25) is 10.0 Å². The average Bonchev–Trinajstić information content (AvgIpc) is 3.32. The highest BCUT2D eigenvalue weighted by Gasteiger charge is 2.30. The van der Waals surface area contributed by atoms with Crippen molar-refractivity contribution in [2.24, 2.45) is 4.99 Å². The molecule has 0 atom stereocenters. The molecule has 69 heavy (non-hydrogen) atoms. The number of benzene rings is 4. The van der Waals surface area contributed by atoms with Crippen molar-refractivity contribution >= 4 is 63.8 Å². The van der Waals surface area contributed by atoms with E-state index in [2.05, 4.69) is 10.2 Å². The average molecular weight is 976 g/mol. The van der Waals surface area contributed by atoms with Crippen LogP contribution in [0.1, 0.15) is 52.7 Å². The Hall–Kier alpha value is -7.17. The number of nitrogens with two attached hydrogens (primary N) is 1. The SMILES string of the molecule is CC(C)(C)OC(=O)N1CCN(c2cnn(-c3cccc(Cl)c3)c(=O)c2N)CC1.CC(C)(C)OC(=O)N1CCN(c2cnn(-c3cccc(Cl)c3)c(=O)c2N=C(c2ccccc2)c2ccccc2)CC1. The minimum Gasteiger partial charge on any atom is -0.444 e. The first-order valence-electron chi connectivity index (χ1n) is 22.5. The molecule has 2 amide bonds. The first-order chi connectivity index (χ1) is 32.8. The first kappa shape index (κ1) is 49.7. The maximum Gasteiger partial charge on any atom is 0.410 e. The van der Waals surface area contributed by atoms with Crippen molar-refractivity contribution in [2.45, 2.75) is 52.7 Å². The van der Waals surface area contributed by atoms with Gasteiger partial charge >= 0.3 is 12.2 Å². The van der Waals surface area contributed by atoms with E-state index in [1.54, 1.807) is 70.7 Å². The molecule has 2 aliphatic heterocycles. The monoisotopic (exact) mass is 974 g/mol. The molecule has 4 aromatic carbocycles. The van der Waals surface area contributed by atoms with Crippen LogP contribution in [0.3, 0.4) is 0 Å². The molecule has 6 aromatic rings. The Labute approximate surface area is 411 Å². The minimum absolute atomic E-state index is 0.112. The largest absolute Gasteiger partial charge is 0.444 e. The lowest BCUT2D eigenvalue weighted by atomic mass is 10.0. The van der Waals surface area contributed by atoms with Gasteiger partial charge in [0.05, 0.1) is 40.9 Å². The fourth-order valence-corrected chi connectivity index (χ4v) is 7.95. The summed E-state index contributed by atoms with van der Waals surface area (Å²) in [4.78, 5) is 64.0. The number of carbonyl (C=O) groups excluding carboxylic acids is 2. The minimum atomic E-state index is -0.573. The zero-order chi connectivity index (χ0) is 49.5. The van der Waals surface area contributed by atoms with Crippen LogP contribution >= 0.6 is 23.2 Å². The number of piperazine rings is 2. The smallest absolute Gasteiger partial charge is 0.410 e. The molecule has 2 aliphatic rings. The van der Waals surface area contributed by atoms with Crippen molar-refractivity contribution in [3.05, 3.63) is 163 Å². The van der Waals surface area contributed by atoms with E-state index >= 15 is 0 Å². The topological polar surface area (TPSA) is 174 Å². The van der Waals surface area contributed by atoms with Gasteiger partial charge in [0.15, 0.2) is 5.69 Å². The predicted octanol–water partition coefficient (Wildman–Crippen LogP) is 8.64. The number of ether oxygens (including phenoxy) is 2. The van der Waals surface area contributed by atoms with Gasteiger partial charge in [0.2, 0.25) is 0 Å². The van der Waals surface area contributed by atoms with Crippen molar-refractivity contribution in [1.82, 2.24) is 29.4 Å². The van der Waals surface area contributed by atoms with Crippen molar-refractivity contribution in [2.75, 3.05) is 67.9 Å². The summed E-state index contributed by atoms with van der Waals surface area (Å²) in [6, 6.07) is 33.4. The summed E-state index contributed by atoms with van der Waals surface area (Å²) < 4.78 is 13.5. The summed E-state index contributed by atoms with van der Waals surface area (Å²) in [7, 11) is 0. The van der Waals surface area contributed by atoms with Gasteiger partial charge in [-0.2, -0.15) is 19.6 Å². The highest BCUT2D eigenvalue weighted by atomic mass is 35.5. The van der Waals surface area contributed by atoms with Gasteiger partial charge in [-0.3, -0.25) is 9.59 Å². The molecular weight excluding hydrogens is 920 g/mol. The van der Waals surface area contributed by atoms with Crippen molar-refractivity contribution in [3.63, 3.8) is 0 Å². The number of nitrogen functional groups attached to an aromatic ring is 1. The quantitative estimate of drug-likeness (QED) is 0.152. The molecule has 16 nitrogen and oxygen atoms in total. The molecule has 2 saturated heterocycles. The van der Waals surface area contributed by atoms with Gasteiger partial charge in [0.25, 0.3) is 11.1 Å². The molecule has 2 aromatic heterocycles. The number of hydrogen-bond donors (Lipinski definition) is 1. The summed E-state index contributed by atoms with van der Waals surface area (Å²) >= 11 is 12.2. The number of aromatic nitrogens is 4. The van der Waals surface area contributed by atoms with Gasteiger partial charge in [-0.15, -0.1) is 0 Å². The molecule has 4 heterocycles. The van der Waals surface area contributed by atoms with E-state index in [0.717, 1.165) is 11.1 Å². The highest BCUT2D eigenvalue weighted by Crippen LogP contribution is 2.29. The second-order valence-electron chi connectivity index (χ2n) is 18.3. The van der Waals surface area contributed by atoms with Gasteiger partial charge in [0.1, 0.15) is 16.9 Å². The van der Waals surface area contributed by atoms with Crippen LogP contribution in [0.15, 0.2) is 136 Å². The molecule has 0 spiro atoms. The molecule has 0 radical (unpaired) electrons. The van der Waals surface area contributed by atoms with E-state index in [1.807, 2.05) is 112 Å². The molecule has 360 valence electrons. The Kier molecular flexibility index (Phi) is 15.4. The molecule has 0 aliphatic carbocycles. The normalized spacial score (nSPS) is 14.1. The molecule has 0 bridgehead atoms. The molecule has 0 unspecified atom stereocenters. The number of carbonyl (C=O) groups is 2. The van der Waals surface area contributed by atoms with Crippen molar-refractivity contribution in [3.8, 4) is 11.4 Å². The summed E-state index contributed by atoms with van der Waals surface area (Å²) in [5.41, 5.74) is 9.27. The van der Waals surface area contributed by atoms with Crippen LogP contribution in [0.25, 0.3) is 11.4 Å². The zero-order valence-corrected chi connectivity index (χ0v) is 41.0. The number of anilines is 3. The Bertz CT molecular complexity index is 2880. The van der Waals surface area contributed by atoms with E-state index in [4.69, 9.17) is 43.4 Å². The number of aliphatic imine (C=N–C) groups is 1. The van der Waals surface area contributed by atoms with E-state index in [0.29, 0.717) is 90.9 Å². The Balaban J connectivity index is 0.000000219. The summed E-state index contributed by atoms with van der Waals surface area (Å²) in [5, 5.41) is 9.76. The third-order valence-electron chi connectivity index (χ3n) is 10.9. The van der Waals surface area contributed by atoms with Gasteiger partial charge in [-0.05, 0) is 77.9 Å². The Morgan fingerprint density at radius 2 is 0.971 bits per heavy atom. The Morgan fingerprint density at radius 3 is 1.39 bits per heavy atom. The predicted molar refractivity (Wildman–Crippen MR) is 272 cm³/mol. The van der Waals surface area contributed by atoms with Crippen molar-refractivity contribution in [1.29, 1.82) is 0 Å². The summed E-state index contributed by atoms with van der Waals surface area (Å²) in [5.74, 6) is 0. The van der Waals surface area contributed by atoms with Gasteiger partial charge in [-0.25, -0.2) is 14.6 Å². The third kappa shape index (κ3) is 12.7. The fraction of sp³-hybridized carbons (Fsp3) is 0.314. The molecule has 0 saturated carbocycles. The van der Waals surface area contributed by atoms with Gasteiger partial charge < -0.3 is 34.8 Å². The van der Waals surface area contributed by atoms with Crippen molar-refractivity contribution < 1.29 is 19.1 Å². The first-order valence-corrected chi connectivity index (χ1v) is 23.3. The molecule has 2 fully saturated rings. The molecule has 8 rings (SSSR count). The van der Waals surface area contributed by atoms with Gasteiger partial charge in [0, 0.05) is 73.5 Å². The zero-order valence-electron chi connectivity index (χ0n) is 39.5. The third-order valence-corrected chi connectivity index (χ3v) is 11.4.